The molecular formula is C18H22N2OS. The van der Waals surface area contributed by atoms with E-state index in [1.165, 1.54) is 17.3 Å². The molecule has 2 rings (SSSR count). The first-order chi connectivity index (χ1) is 10.5. The van der Waals surface area contributed by atoms with Crippen LogP contribution < -0.4 is 0 Å². The SMILES string of the molecule is CC(C)c1ccc(C(=O)CSc2ncccn2)c(C(C)C)c1. The number of rotatable bonds is 6. The third-order valence-electron chi connectivity index (χ3n) is 3.54. The monoisotopic (exact) mass is 314 g/mol. The molecular weight excluding hydrogens is 292 g/mol. The van der Waals surface area contributed by atoms with Crippen LogP contribution in [0.3, 0.4) is 0 Å². The number of thioether (sulfide) groups is 1. The fourth-order valence-electron chi connectivity index (χ4n) is 2.24. The van der Waals surface area contributed by atoms with Crippen molar-refractivity contribution in [3.05, 3.63) is 53.3 Å². The highest BCUT2D eigenvalue weighted by molar-refractivity contribution is 7.99. The van der Waals surface area contributed by atoms with Crippen LogP contribution in [0.5, 0.6) is 0 Å². The van der Waals surface area contributed by atoms with Crippen LogP contribution in [0.25, 0.3) is 0 Å². The van der Waals surface area contributed by atoms with E-state index < -0.39 is 0 Å². The zero-order valence-electron chi connectivity index (χ0n) is 13.5. The molecule has 116 valence electrons. The first kappa shape index (κ1) is 16.7. The van der Waals surface area contributed by atoms with E-state index in [-0.39, 0.29) is 5.78 Å². The Morgan fingerprint density at radius 2 is 1.77 bits per heavy atom. The summed E-state index contributed by atoms with van der Waals surface area (Å²) in [7, 11) is 0. The second-order valence-electron chi connectivity index (χ2n) is 5.90. The highest BCUT2D eigenvalue weighted by Crippen LogP contribution is 2.26. The van der Waals surface area contributed by atoms with Gasteiger partial charge in [0.15, 0.2) is 10.9 Å². The molecule has 4 heteroatoms. The lowest BCUT2D eigenvalue weighted by atomic mass is 9.90. The minimum atomic E-state index is 0.136. The van der Waals surface area contributed by atoms with Crippen molar-refractivity contribution in [1.82, 2.24) is 9.97 Å². The van der Waals surface area contributed by atoms with Crippen LogP contribution in [0.15, 0.2) is 41.8 Å². The van der Waals surface area contributed by atoms with Gasteiger partial charge in [0.2, 0.25) is 0 Å². The lowest BCUT2D eigenvalue weighted by molar-refractivity contribution is 0.102. The molecule has 0 saturated carbocycles. The van der Waals surface area contributed by atoms with Gasteiger partial charge in [0.25, 0.3) is 0 Å². The number of hydrogen-bond donors (Lipinski definition) is 0. The van der Waals surface area contributed by atoms with Gasteiger partial charge in [-0.2, -0.15) is 0 Å². The van der Waals surface area contributed by atoms with Gasteiger partial charge in [0, 0.05) is 18.0 Å². The second kappa shape index (κ2) is 7.54. The highest BCUT2D eigenvalue weighted by Gasteiger charge is 2.16. The van der Waals surface area contributed by atoms with Gasteiger partial charge in [-0.25, -0.2) is 9.97 Å². The number of benzene rings is 1. The topological polar surface area (TPSA) is 42.9 Å². The summed E-state index contributed by atoms with van der Waals surface area (Å²) in [6, 6.07) is 7.98. The van der Waals surface area contributed by atoms with Gasteiger partial charge in [-0.3, -0.25) is 4.79 Å². The molecule has 0 amide bonds. The van der Waals surface area contributed by atoms with Crippen LogP contribution in [0.2, 0.25) is 0 Å². The Labute approximate surface area is 136 Å². The van der Waals surface area contributed by atoms with Gasteiger partial charge in [-0.1, -0.05) is 57.7 Å². The van der Waals surface area contributed by atoms with Crippen molar-refractivity contribution < 1.29 is 4.79 Å². The summed E-state index contributed by atoms with van der Waals surface area (Å²) < 4.78 is 0. The Bertz CT molecular complexity index is 639. The van der Waals surface area contributed by atoms with Crippen molar-refractivity contribution >= 4 is 17.5 Å². The molecule has 1 aromatic carbocycles. The molecule has 2 aromatic rings. The first-order valence-corrected chi connectivity index (χ1v) is 8.54. The van der Waals surface area contributed by atoms with Gasteiger partial charge < -0.3 is 0 Å². The summed E-state index contributed by atoms with van der Waals surface area (Å²) in [6.07, 6.45) is 3.38. The molecule has 0 spiro atoms. The summed E-state index contributed by atoms with van der Waals surface area (Å²) in [5.74, 6) is 1.30. The molecule has 0 bridgehead atoms. The molecule has 1 heterocycles. The van der Waals surface area contributed by atoms with E-state index in [1.807, 2.05) is 6.07 Å². The van der Waals surface area contributed by atoms with E-state index >= 15 is 0 Å². The van der Waals surface area contributed by atoms with Crippen molar-refractivity contribution in [3.8, 4) is 0 Å². The van der Waals surface area contributed by atoms with Gasteiger partial charge in [-0.15, -0.1) is 0 Å². The fourth-order valence-corrected chi connectivity index (χ4v) is 2.93. The molecule has 0 atom stereocenters. The van der Waals surface area contributed by atoms with E-state index in [0.717, 1.165) is 11.1 Å². The minimum Gasteiger partial charge on any atom is -0.293 e. The standard InChI is InChI=1S/C18H22N2OS/c1-12(2)14-6-7-15(16(10-14)13(3)4)17(21)11-22-18-19-8-5-9-20-18/h5-10,12-13H,11H2,1-4H3. The maximum absolute atomic E-state index is 12.5. The van der Waals surface area contributed by atoms with Crippen LogP contribution in [0.4, 0.5) is 0 Å². The number of nitrogens with zero attached hydrogens (tertiary/aromatic N) is 2. The fraction of sp³-hybridized carbons (Fsp3) is 0.389. The normalized spacial score (nSPS) is 11.2. The number of Topliss-reactive ketones (excluding diaryl/α,β-unsaturated/α-hetero) is 1. The van der Waals surface area contributed by atoms with Gasteiger partial charge in [0.1, 0.15) is 0 Å². The van der Waals surface area contributed by atoms with E-state index in [9.17, 15) is 4.79 Å². The number of ketones is 1. The van der Waals surface area contributed by atoms with Gasteiger partial charge in [0.05, 0.1) is 5.75 Å². The Balaban J connectivity index is 2.18. The predicted octanol–water partition coefficient (Wildman–Crippen LogP) is 4.70. The average Bonchev–Trinajstić information content (AvgIpc) is 2.52. The van der Waals surface area contributed by atoms with Crippen LogP contribution in [0, 0.1) is 0 Å². The zero-order valence-corrected chi connectivity index (χ0v) is 14.4. The number of carbonyl (C=O) groups is 1. The lowest BCUT2D eigenvalue weighted by Gasteiger charge is -2.15. The van der Waals surface area contributed by atoms with Crippen LogP contribution >= 0.6 is 11.8 Å². The molecule has 22 heavy (non-hydrogen) atoms. The van der Waals surface area contributed by atoms with Crippen molar-refractivity contribution in [2.45, 2.75) is 44.7 Å². The third kappa shape index (κ3) is 4.17. The molecule has 1 aromatic heterocycles. The lowest BCUT2D eigenvalue weighted by Crippen LogP contribution is -2.09. The summed E-state index contributed by atoms with van der Waals surface area (Å²) in [5, 5.41) is 0.640. The second-order valence-corrected chi connectivity index (χ2v) is 6.84. The highest BCUT2D eigenvalue weighted by atomic mass is 32.2. The Morgan fingerprint density at radius 3 is 2.36 bits per heavy atom. The number of aromatic nitrogens is 2. The molecule has 0 aliphatic carbocycles. The summed E-state index contributed by atoms with van der Waals surface area (Å²) in [4.78, 5) is 20.8. The molecule has 0 aliphatic rings. The molecule has 3 nitrogen and oxygen atoms in total. The largest absolute Gasteiger partial charge is 0.293 e. The molecule has 0 radical (unpaired) electrons. The van der Waals surface area contributed by atoms with E-state index in [0.29, 0.717) is 22.7 Å². The van der Waals surface area contributed by atoms with Crippen molar-refractivity contribution in [1.29, 1.82) is 0 Å². The Morgan fingerprint density at radius 1 is 1.09 bits per heavy atom. The summed E-state index contributed by atoms with van der Waals surface area (Å²) >= 11 is 1.38. The van der Waals surface area contributed by atoms with Crippen LogP contribution in [0.1, 0.15) is 61.0 Å². The number of carbonyl (C=O) groups excluding carboxylic acids is 1. The quantitative estimate of drug-likeness (QED) is 0.440. The van der Waals surface area contributed by atoms with E-state index in [4.69, 9.17) is 0 Å². The number of hydrogen-bond acceptors (Lipinski definition) is 4. The van der Waals surface area contributed by atoms with Crippen molar-refractivity contribution in [2.24, 2.45) is 0 Å². The zero-order chi connectivity index (χ0) is 16.1. The van der Waals surface area contributed by atoms with Crippen molar-refractivity contribution in [2.75, 3.05) is 5.75 Å². The van der Waals surface area contributed by atoms with Gasteiger partial charge >= 0.3 is 0 Å². The predicted molar refractivity (Wildman–Crippen MR) is 91.7 cm³/mol. The van der Waals surface area contributed by atoms with E-state index in [1.54, 1.807) is 18.5 Å². The molecule has 0 fully saturated rings. The molecule has 0 N–H and O–H groups in total. The minimum absolute atomic E-state index is 0.136. The summed E-state index contributed by atoms with van der Waals surface area (Å²) in [6.45, 7) is 8.60. The Hall–Kier alpha value is -1.68. The average molecular weight is 314 g/mol. The van der Waals surface area contributed by atoms with Gasteiger partial charge in [-0.05, 0) is 29.0 Å². The maximum atomic E-state index is 12.5. The molecule has 0 saturated heterocycles. The first-order valence-electron chi connectivity index (χ1n) is 7.56. The smallest absolute Gasteiger partial charge is 0.187 e. The van der Waals surface area contributed by atoms with E-state index in [2.05, 4.69) is 49.8 Å². The maximum Gasteiger partial charge on any atom is 0.187 e. The molecule has 0 unspecified atom stereocenters. The summed E-state index contributed by atoms with van der Waals surface area (Å²) in [5.41, 5.74) is 3.23. The Kier molecular flexibility index (Phi) is 5.72. The van der Waals surface area contributed by atoms with Crippen molar-refractivity contribution in [3.63, 3.8) is 0 Å². The van der Waals surface area contributed by atoms with Crippen LogP contribution in [-0.2, 0) is 0 Å². The molecule has 0 aliphatic heterocycles. The van der Waals surface area contributed by atoms with Crippen LogP contribution in [-0.4, -0.2) is 21.5 Å². The third-order valence-corrected chi connectivity index (χ3v) is 4.41.